The van der Waals surface area contributed by atoms with Gasteiger partial charge in [0.05, 0.1) is 12.0 Å². The second kappa shape index (κ2) is 7.38. The predicted molar refractivity (Wildman–Crippen MR) is 81.6 cm³/mol. The monoisotopic (exact) mass is 293 g/mol. The minimum atomic E-state index is -0.408. The van der Waals surface area contributed by atoms with Crippen molar-refractivity contribution >= 4 is 5.69 Å². The van der Waals surface area contributed by atoms with Crippen molar-refractivity contribution in [1.82, 2.24) is 10.2 Å². The molecule has 6 nitrogen and oxygen atoms in total. The number of nitro benzene ring substituents is 1. The first kappa shape index (κ1) is 15.7. The molecule has 1 aliphatic heterocycles. The van der Waals surface area contributed by atoms with Gasteiger partial charge in [-0.1, -0.05) is 6.07 Å². The Labute approximate surface area is 125 Å². The van der Waals surface area contributed by atoms with E-state index in [9.17, 15) is 10.1 Å². The number of likely N-dealkylation sites (tertiary alicyclic amines) is 1. The van der Waals surface area contributed by atoms with Crippen molar-refractivity contribution < 1.29 is 9.66 Å². The van der Waals surface area contributed by atoms with Crippen LogP contribution in [0.1, 0.15) is 25.3 Å². The van der Waals surface area contributed by atoms with Crippen molar-refractivity contribution in [1.29, 1.82) is 0 Å². The average Bonchev–Trinajstić information content (AvgIpc) is 3.01. The van der Waals surface area contributed by atoms with Crippen molar-refractivity contribution in [2.45, 2.75) is 32.4 Å². The second-order valence-corrected chi connectivity index (χ2v) is 5.49. The SMILES string of the molecule is COc1ccc(CNCC(C)N2CCCC2)cc1[N+](=O)[O-]. The van der Waals surface area contributed by atoms with E-state index in [-0.39, 0.29) is 5.69 Å². The van der Waals surface area contributed by atoms with E-state index >= 15 is 0 Å². The Morgan fingerprint density at radius 1 is 1.43 bits per heavy atom. The van der Waals surface area contributed by atoms with Gasteiger partial charge in [0.1, 0.15) is 0 Å². The van der Waals surface area contributed by atoms with E-state index in [2.05, 4.69) is 17.1 Å². The average molecular weight is 293 g/mol. The fourth-order valence-electron chi connectivity index (χ4n) is 2.73. The number of nitrogens with one attached hydrogen (secondary N) is 1. The highest BCUT2D eigenvalue weighted by atomic mass is 16.6. The molecule has 0 aromatic heterocycles. The van der Waals surface area contributed by atoms with Crippen molar-refractivity contribution in [3.05, 3.63) is 33.9 Å². The van der Waals surface area contributed by atoms with E-state index in [0.29, 0.717) is 18.3 Å². The second-order valence-electron chi connectivity index (χ2n) is 5.49. The molecule has 6 heteroatoms. The van der Waals surface area contributed by atoms with Crippen LogP contribution in [0.15, 0.2) is 18.2 Å². The summed E-state index contributed by atoms with van der Waals surface area (Å²) >= 11 is 0. The Balaban J connectivity index is 1.88. The number of hydrogen-bond donors (Lipinski definition) is 1. The quantitative estimate of drug-likeness (QED) is 0.616. The largest absolute Gasteiger partial charge is 0.490 e. The van der Waals surface area contributed by atoms with Crippen LogP contribution in [0.4, 0.5) is 5.69 Å². The normalized spacial score (nSPS) is 16.9. The van der Waals surface area contributed by atoms with Gasteiger partial charge in [-0.3, -0.25) is 15.0 Å². The summed E-state index contributed by atoms with van der Waals surface area (Å²) in [6.45, 7) is 6.09. The summed E-state index contributed by atoms with van der Waals surface area (Å²) in [6, 6.07) is 5.59. The standard InChI is InChI=1S/C15H23N3O3/c1-12(17-7-3-4-8-17)10-16-11-13-5-6-15(21-2)14(9-13)18(19)20/h5-6,9,12,16H,3-4,7-8,10-11H2,1-2H3. The third-order valence-electron chi connectivity index (χ3n) is 3.97. The van der Waals surface area contributed by atoms with Gasteiger partial charge in [-0.05, 0) is 44.5 Å². The van der Waals surface area contributed by atoms with Gasteiger partial charge in [0, 0.05) is 25.2 Å². The summed E-state index contributed by atoms with van der Waals surface area (Å²) in [5.74, 6) is 0.300. The lowest BCUT2D eigenvalue weighted by molar-refractivity contribution is -0.385. The van der Waals surface area contributed by atoms with Crippen LogP contribution in [-0.4, -0.2) is 42.6 Å². The molecular weight excluding hydrogens is 270 g/mol. The molecule has 0 amide bonds. The minimum absolute atomic E-state index is 0.0180. The summed E-state index contributed by atoms with van der Waals surface area (Å²) in [4.78, 5) is 13.1. The molecule has 1 heterocycles. The van der Waals surface area contributed by atoms with Crippen LogP contribution in [0.5, 0.6) is 5.75 Å². The van der Waals surface area contributed by atoms with Crippen molar-refractivity contribution in [3.63, 3.8) is 0 Å². The highest BCUT2D eigenvalue weighted by Gasteiger charge is 2.18. The Morgan fingerprint density at radius 2 is 2.14 bits per heavy atom. The first-order valence-corrected chi connectivity index (χ1v) is 7.38. The fraction of sp³-hybridized carbons (Fsp3) is 0.600. The zero-order chi connectivity index (χ0) is 15.2. The highest BCUT2D eigenvalue weighted by Crippen LogP contribution is 2.27. The third-order valence-corrected chi connectivity index (χ3v) is 3.97. The van der Waals surface area contributed by atoms with E-state index in [4.69, 9.17) is 4.74 Å². The summed E-state index contributed by atoms with van der Waals surface area (Å²) in [5, 5.41) is 14.4. The van der Waals surface area contributed by atoms with Gasteiger partial charge in [-0.15, -0.1) is 0 Å². The molecule has 1 aliphatic rings. The van der Waals surface area contributed by atoms with Gasteiger partial charge >= 0.3 is 5.69 Å². The molecule has 1 saturated heterocycles. The molecule has 0 spiro atoms. The summed E-state index contributed by atoms with van der Waals surface area (Å²) in [6.07, 6.45) is 2.57. The fourth-order valence-corrected chi connectivity index (χ4v) is 2.73. The van der Waals surface area contributed by atoms with Gasteiger partial charge in [0.25, 0.3) is 0 Å². The molecule has 0 bridgehead atoms. The maximum Gasteiger partial charge on any atom is 0.311 e. The number of rotatable bonds is 7. The van der Waals surface area contributed by atoms with Crippen LogP contribution in [-0.2, 0) is 6.54 Å². The predicted octanol–water partition coefficient (Wildman–Crippen LogP) is 2.18. The third kappa shape index (κ3) is 4.15. The molecule has 0 aliphatic carbocycles. The number of nitrogens with zero attached hydrogens (tertiary/aromatic N) is 2. The lowest BCUT2D eigenvalue weighted by Gasteiger charge is -2.23. The molecular formula is C15H23N3O3. The number of nitro groups is 1. The van der Waals surface area contributed by atoms with Crippen LogP contribution >= 0.6 is 0 Å². The molecule has 1 atom stereocenters. The number of methoxy groups -OCH3 is 1. The summed E-state index contributed by atoms with van der Waals surface area (Å²) < 4.78 is 5.00. The molecule has 1 aromatic rings. The lowest BCUT2D eigenvalue weighted by atomic mass is 10.2. The van der Waals surface area contributed by atoms with Gasteiger partial charge in [0.2, 0.25) is 0 Å². The molecule has 0 radical (unpaired) electrons. The molecule has 2 rings (SSSR count). The number of benzene rings is 1. The van der Waals surface area contributed by atoms with Gasteiger partial charge < -0.3 is 10.1 Å². The first-order valence-electron chi connectivity index (χ1n) is 7.38. The molecule has 1 aromatic carbocycles. The summed E-state index contributed by atoms with van der Waals surface area (Å²) in [7, 11) is 1.44. The summed E-state index contributed by atoms with van der Waals surface area (Å²) in [5.41, 5.74) is 0.917. The van der Waals surface area contributed by atoms with E-state index in [0.717, 1.165) is 12.1 Å². The zero-order valence-electron chi connectivity index (χ0n) is 12.7. The molecule has 1 unspecified atom stereocenters. The molecule has 1 N–H and O–H groups in total. The van der Waals surface area contributed by atoms with Crippen molar-refractivity contribution in [3.8, 4) is 5.75 Å². The van der Waals surface area contributed by atoms with E-state index in [1.54, 1.807) is 12.1 Å². The van der Waals surface area contributed by atoms with Crippen LogP contribution in [0.3, 0.4) is 0 Å². The Kier molecular flexibility index (Phi) is 5.52. The maximum absolute atomic E-state index is 11.0. The van der Waals surface area contributed by atoms with Gasteiger partial charge in [-0.25, -0.2) is 0 Å². The topological polar surface area (TPSA) is 67.6 Å². The van der Waals surface area contributed by atoms with E-state index < -0.39 is 4.92 Å². The molecule has 21 heavy (non-hydrogen) atoms. The first-order chi connectivity index (χ1) is 10.1. The smallest absolute Gasteiger partial charge is 0.311 e. The molecule has 116 valence electrons. The molecule has 1 fully saturated rings. The Morgan fingerprint density at radius 3 is 2.76 bits per heavy atom. The van der Waals surface area contributed by atoms with Gasteiger partial charge in [0.15, 0.2) is 5.75 Å². The van der Waals surface area contributed by atoms with Crippen LogP contribution in [0.2, 0.25) is 0 Å². The van der Waals surface area contributed by atoms with Crippen LogP contribution in [0.25, 0.3) is 0 Å². The number of ether oxygens (including phenoxy) is 1. The van der Waals surface area contributed by atoms with Crippen molar-refractivity contribution in [2.24, 2.45) is 0 Å². The minimum Gasteiger partial charge on any atom is -0.490 e. The Hall–Kier alpha value is -1.66. The van der Waals surface area contributed by atoms with Crippen molar-refractivity contribution in [2.75, 3.05) is 26.7 Å². The van der Waals surface area contributed by atoms with Crippen LogP contribution < -0.4 is 10.1 Å². The van der Waals surface area contributed by atoms with Crippen LogP contribution in [0, 0.1) is 10.1 Å². The maximum atomic E-state index is 11.0. The van der Waals surface area contributed by atoms with E-state index in [1.165, 1.54) is 33.0 Å². The zero-order valence-corrected chi connectivity index (χ0v) is 12.7. The molecule has 0 saturated carbocycles. The van der Waals surface area contributed by atoms with Gasteiger partial charge in [-0.2, -0.15) is 0 Å². The Bertz CT molecular complexity index is 487. The highest BCUT2D eigenvalue weighted by molar-refractivity contribution is 5.48. The lowest BCUT2D eigenvalue weighted by Crippen LogP contribution is -2.38. The van der Waals surface area contributed by atoms with E-state index in [1.807, 2.05) is 6.07 Å². The number of hydrogen-bond acceptors (Lipinski definition) is 5.